The van der Waals surface area contributed by atoms with Gasteiger partial charge in [-0.3, -0.25) is 10.1 Å². The molecule has 0 atom stereocenters. The molecule has 1 aliphatic heterocycles. The Labute approximate surface area is 120 Å². The minimum atomic E-state index is -1.08. The Morgan fingerprint density at radius 1 is 1.35 bits per heavy atom. The van der Waals surface area contributed by atoms with Crippen LogP contribution >= 0.6 is 11.3 Å². The maximum absolute atomic E-state index is 14.1. The topological polar surface area (TPSA) is 61.6 Å². The average molecular weight is 299 g/mol. The van der Waals surface area contributed by atoms with Crippen molar-refractivity contribution in [3.8, 4) is 0 Å². The standard InChI is InChI=1S/C12H15BFNO4S/c1-11(2)12(3,4)19-13(18-11)9(14)7-8-5-6-10(20-8)15(16)17/h5-7H,1-4H3. The summed E-state index contributed by atoms with van der Waals surface area (Å²) in [5, 5.41) is 10.5. The first-order chi connectivity index (χ1) is 9.12. The summed E-state index contributed by atoms with van der Waals surface area (Å²) in [5.74, 6) is 0. The van der Waals surface area contributed by atoms with Crippen molar-refractivity contribution in [1.82, 2.24) is 0 Å². The Kier molecular flexibility index (Phi) is 3.74. The van der Waals surface area contributed by atoms with Crippen LogP contribution in [0, 0.1) is 10.1 Å². The summed E-state index contributed by atoms with van der Waals surface area (Å²) < 4.78 is 25.3. The van der Waals surface area contributed by atoms with Crippen LogP contribution in [-0.2, 0) is 9.31 Å². The van der Waals surface area contributed by atoms with Crippen LogP contribution in [0.2, 0.25) is 0 Å². The number of nitro groups is 1. The Morgan fingerprint density at radius 3 is 2.35 bits per heavy atom. The molecule has 8 heteroatoms. The summed E-state index contributed by atoms with van der Waals surface area (Å²) in [6.45, 7) is 7.32. The molecular formula is C12H15BFNO4S. The van der Waals surface area contributed by atoms with Crippen LogP contribution in [0.25, 0.3) is 6.08 Å². The molecule has 20 heavy (non-hydrogen) atoms. The maximum Gasteiger partial charge on any atom is 0.525 e. The minimum Gasteiger partial charge on any atom is -0.398 e. The highest BCUT2D eigenvalue weighted by Crippen LogP contribution is 2.39. The molecule has 0 aliphatic carbocycles. The lowest BCUT2D eigenvalue weighted by atomic mass is 9.87. The Morgan fingerprint density at radius 2 is 1.90 bits per heavy atom. The van der Waals surface area contributed by atoms with Crippen LogP contribution in [-0.4, -0.2) is 23.2 Å². The number of nitrogens with zero attached hydrogens (tertiary/aromatic N) is 1. The van der Waals surface area contributed by atoms with Crippen LogP contribution in [0.4, 0.5) is 9.39 Å². The number of thiophene rings is 1. The molecule has 1 fully saturated rings. The molecule has 5 nitrogen and oxygen atoms in total. The zero-order chi connectivity index (χ0) is 15.1. The van der Waals surface area contributed by atoms with Crippen molar-refractivity contribution in [3.05, 3.63) is 32.9 Å². The molecule has 0 amide bonds. The lowest BCUT2D eigenvalue weighted by Crippen LogP contribution is -2.41. The normalized spacial score (nSPS) is 21.2. The van der Waals surface area contributed by atoms with Gasteiger partial charge in [0.05, 0.1) is 16.1 Å². The number of halogens is 1. The Balaban J connectivity index is 2.17. The molecule has 1 saturated heterocycles. The average Bonchev–Trinajstić information content (AvgIpc) is 2.83. The van der Waals surface area contributed by atoms with E-state index >= 15 is 0 Å². The van der Waals surface area contributed by atoms with Gasteiger partial charge in [-0.15, -0.1) is 0 Å². The third-order valence-electron chi connectivity index (χ3n) is 3.55. The molecule has 0 N–H and O–H groups in total. The van der Waals surface area contributed by atoms with Crippen molar-refractivity contribution in [1.29, 1.82) is 0 Å². The van der Waals surface area contributed by atoms with Gasteiger partial charge in [0.2, 0.25) is 0 Å². The fourth-order valence-corrected chi connectivity index (χ4v) is 2.44. The molecule has 2 heterocycles. The molecule has 0 spiro atoms. The molecule has 1 aromatic heterocycles. The molecule has 2 rings (SSSR count). The van der Waals surface area contributed by atoms with Crippen LogP contribution < -0.4 is 0 Å². The number of hydrogen-bond acceptors (Lipinski definition) is 5. The van der Waals surface area contributed by atoms with Crippen molar-refractivity contribution in [2.75, 3.05) is 0 Å². The van der Waals surface area contributed by atoms with Gasteiger partial charge in [0.15, 0.2) is 0 Å². The highest BCUT2D eigenvalue weighted by Gasteiger charge is 2.53. The Bertz CT molecular complexity index is 554. The summed E-state index contributed by atoms with van der Waals surface area (Å²) in [6.07, 6.45) is 1.21. The van der Waals surface area contributed by atoms with Gasteiger partial charge in [0.1, 0.15) is 5.73 Å². The van der Waals surface area contributed by atoms with E-state index in [0.717, 1.165) is 11.3 Å². The van der Waals surface area contributed by atoms with E-state index in [2.05, 4.69) is 0 Å². The minimum absolute atomic E-state index is 0.0297. The molecule has 108 valence electrons. The van der Waals surface area contributed by atoms with Gasteiger partial charge in [0, 0.05) is 10.9 Å². The van der Waals surface area contributed by atoms with E-state index in [0.29, 0.717) is 4.88 Å². The first kappa shape index (κ1) is 15.1. The van der Waals surface area contributed by atoms with E-state index in [-0.39, 0.29) is 5.00 Å². The van der Waals surface area contributed by atoms with Crippen molar-refractivity contribution in [2.45, 2.75) is 38.9 Å². The van der Waals surface area contributed by atoms with Gasteiger partial charge in [-0.1, -0.05) is 11.3 Å². The molecule has 1 aliphatic rings. The van der Waals surface area contributed by atoms with E-state index in [4.69, 9.17) is 9.31 Å². The third kappa shape index (κ3) is 2.77. The van der Waals surface area contributed by atoms with Crippen LogP contribution in [0.15, 0.2) is 17.9 Å². The zero-order valence-electron chi connectivity index (χ0n) is 11.7. The van der Waals surface area contributed by atoms with Crippen molar-refractivity contribution in [2.24, 2.45) is 0 Å². The second-order valence-corrected chi connectivity index (χ2v) is 6.64. The summed E-state index contributed by atoms with van der Waals surface area (Å²) in [5.41, 5.74) is -1.84. The number of rotatable bonds is 3. The quantitative estimate of drug-likeness (QED) is 0.486. The van der Waals surface area contributed by atoms with Crippen LogP contribution in [0.5, 0.6) is 0 Å². The highest BCUT2D eigenvalue weighted by molar-refractivity contribution is 7.16. The van der Waals surface area contributed by atoms with Crippen molar-refractivity contribution in [3.63, 3.8) is 0 Å². The number of hydrogen-bond donors (Lipinski definition) is 0. The monoisotopic (exact) mass is 299 g/mol. The third-order valence-corrected chi connectivity index (χ3v) is 4.54. The van der Waals surface area contributed by atoms with Gasteiger partial charge < -0.3 is 9.31 Å². The van der Waals surface area contributed by atoms with Gasteiger partial charge in [0.25, 0.3) is 0 Å². The summed E-state index contributed by atoms with van der Waals surface area (Å²) in [7, 11) is -1.08. The van der Waals surface area contributed by atoms with Crippen molar-refractivity contribution < 1.29 is 18.6 Å². The maximum atomic E-state index is 14.1. The fourth-order valence-electron chi connectivity index (χ4n) is 1.68. The lowest BCUT2D eigenvalue weighted by Gasteiger charge is -2.32. The van der Waals surface area contributed by atoms with E-state index in [1.54, 1.807) is 0 Å². The summed E-state index contributed by atoms with van der Waals surface area (Å²) in [6, 6.07) is 2.83. The van der Waals surface area contributed by atoms with E-state index in [1.165, 1.54) is 18.2 Å². The second kappa shape index (κ2) is 4.94. The molecule has 0 saturated carbocycles. The smallest absolute Gasteiger partial charge is 0.398 e. The lowest BCUT2D eigenvalue weighted by molar-refractivity contribution is -0.380. The van der Waals surface area contributed by atoms with E-state index in [9.17, 15) is 14.5 Å². The van der Waals surface area contributed by atoms with Gasteiger partial charge >= 0.3 is 12.1 Å². The van der Waals surface area contributed by atoms with Gasteiger partial charge in [-0.05, 0) is 39.8 Å². The predicted octanol–water partition coefficient (Wildman–Crippen LogP) is 3.60. The summed E-state index contributed by atoms with van der Waals surface area (Å²) >= 11 is 0.901. The zero-order valence-corrected chi connectivity index (χ0v) is 12.5. The van der Waals surface area contributed by atoms with E-state index in [1.807, 2.05) is 27.7 Å². The molecule has 0 unspecified atom stereocenters. The molecular weight excluding hydrogens is 284 g/mol. The largest absolute Gasteiger partial charge is 0.525 e. The second-order valence-electron chi connectivity index (χ2n) is 5.55. The van der Waals surface area contributed by atoms with Crippen LogP contribution in [0.3, 0.4) is 0 Å². The molecule has 0 aromatic carbocycles. The van der Waals surface area contributed by atoms with Crippen molar-refractivity contribution >= 4 is 29.5 Å². The SMILES string of the molecule is CC1(C)OB(C(F)=Cc2ccc([N+](=O)[O-])s2)OC1(C)C. The van der Waals surface area contributed by atoms with E-state index < -0.39 is 29.0 Å². The predicted molar refractivity (Wildman–Crippen MR) is 76.1 cm³/mol. The first-order valence-corrected chi connectivity index (χ1v) is 6.91. The molecule has 0 bridgehead atoms. The van der Waals surface area contributed by atoms with Crippen LogP contribution in [0.1, 0.15) is 32.6 Å². The molecule has 1 aromatic rings. The van der Waals surface area contributed by atoms with Gasteiger partial charge in [-0.25, -0.2) is 4.39 Å². The molecule has 0 radical (unpaired) electrons. The highest BCUT2D eigenvalue weighted by atomic mass is 32.1. The van der Waals surface area contributed by atoms with Gasteiger partial charge in [-0.2, -0.15) is 0 Å². The fraction of sp³-hybridized carbons (Fsp3) is 0.500. The Hall–Kier alpha value is -1.25. The first-order valence-electron chi connectivity index (χ1n) is 6.09. The summed E-state index contributed by atoms with van der Waals surface area (Å²) in [4.78, 5) is 10.5.